The van der Waals surface area contributed by atoms with E-state index < -0.39 is 0 Å². The number of imidazole rings is 1. The van der Waals surface area contributed by atoms with Gasteiger partial charge in [0.25, 0.3) is 0 Å². The molecule has 5 heteroatoms. The zero-order valence-electron chi connectivity index (χ0n) is 10.8. The van der Waals surface area contributed by atoms with E-state index in [9.17, 15) is 5.11 Å². The molecular weight excluding hydrogens is 262 g/mol. The average molecular weight is 278 g/mol. The first-order chi connectivity index (χ1) is 9.16. The lowest BCUT2D eigenvalue weighted by Gasteiger charge is -2.33. The number of para-hydroxylation sites is 1. The quantitative estimate of drug-likeness (QED) is 0.917. The van der Waals surface area contributed by atoms with Crippen LogP contribution in [0.1, 0.15) is 23.9 Å². The van der Waals surface area contributed by atoms with Gasteiger partial charge < -0.3 is 14.6 Å². The van der Waals surface area contributed by atoms with Crippen LogP contribution in [0.15, 0.2) is 30.5 Å². The van der Waals surface area contributed by atoms with E-state index in [0.717, 1.165) is 30.0 Å². The van der Waals surface area contributed by atoms with E-state index in [4.69, 9.17) is 11.6 Å². The summed E-state index contributed by atoms with van der Waals surface area (Å²) >= 11 is 6.01. The van der Waals surface area contributed by atoms with Crippen molar-refractivity contribution in [2.75, 3.05) is 11.4 Å². The van der Waals surface area contributed by atoms with Gasteiger partial charge in [-0.1, -0.05) is 29.8 Å². The Hall–Kier alpha value is -1.52. The molecule has 1 aromatic heterocycles. The zero-order valence-corrected chi connectivity index (χ0v) is 11.5. The normalized spacial score (nSPS) is 18.5. The molecule has 2 aromatic rings. The average Bonchev–Trinajstić information content (AvgIpc) is 2.74. The molecule has 2 heterocycles. The molecular formula is C14H16ClN3O. The van der Waals surface area contributed by atoms with Crippen LogP contribution in [0, 0.1) is 0 Å². The van der Waals surface area contributed by atoms with E-state index >= 15 is 0 Å². The minimum absolute atomic E-state index is 0.364. The van der Waals surface area contributed by atoms with E-state index in [-0.39, 0.29) is 6.10 Å². The number of hydrogen-bond acceptors (Lipinski definition) is 3. The van der Waals surface area contributed by atoms with E-state index in [1.54, 1.807) is 6.20 Å². The number of aliphatic hydroxyl groups excluding tert-OH is 1. The van der Waals surface area contributed by atoms with Gasteiger partial charge in [-0.3, -0.25) is 0 Å². The van der Waals surface area contributed by atoms with Gasteiger partial charge in [0, 0.05) is 24.8 Å². The van der Waals surface area contributed by atoms with Crippen LogP contribution in [-0.2, 0) is 13.6 Å². The Labute approximate surface area is 117 Å². The Morgan fingerprint density at radius 1 is 1.42 bits per heavy atom. The van der Waals surface area contributed by atoms with Crippen LogP contribution >= 0.6 is 11.6 Å². The number of benzene rings is 1. The van der Waals surface area contributed by atoms with Gasteiger partial charge in [-0.05, 0) is 12.5 Å². The highest BCUT2D eigenvalue weighted by Crippen LogP contribution is 2.34. The lowest BCUT2D eigenvalue weighted by molar-refractivity contribution is 0.164. The highest BCUT2D eigenvalue weighted by atomic mass is 35.5. The molecule has 0 saturated heterocycles. The zero-order chi connectivity index (χ0) is 13.4. The number of hydrogen-bond donors (Lipinski definition) is 1. The standard InChI is InChI=1S/C14H16ClN3O/c1-17-13(15)8-16-14(17)9-18-7-6-12(19)10-4-2-3-5-11(10)18/h2-5,8,12,19H,6-7,9H2,1H3. The first-order valence-corrected chi connectivity index (χ1v) is 6.72. The fourth-order valence-electron chi connectivity index (χ4n) is 2.52. The molecule has 100 valence electrons. The Morgan fingerprint density at radius 3 is 2.95 bits per heavy atom. The molecule has 1 aromatic carbocycles. The molecule has 0 radical (unpaired) electrons. The Bertz CT molecular complexity index is 596. The number of fused-ring (bicyclic) bond motifs is 1. The van der Waals surface area contributed by atoms with Crippen molar-refractivity contribution in [2.24, 2.45) is 7.05 Å². The second kappa shape index (κ2) is 4.87. The summed E-state index contributed by atoms with van der Waals surface area (Å²) in [5.74, 6) is 0.927. The van der Waals surface area contributed by atoms with Gasteiger partial charge >= 0.3 is 0 Å². The lowest BCUT2D eigenvalue weighted by Crippen LogP contribution is -2.31. The summed E-state index contributed by atoms with van der Waals surface area (Å²) in [6.07, 6.45) is 2.05. The van der Waals surface area contributed by atoms with Crippen LogP contribution in [-0.4, -0.2) is 21.2 Å². The molecule has 1 atom stereocenters. The fraction of sp³-hybridized carbons (Fsp3) is 0.357. The van der Waals surface area contributed by atoms with Crippen molar-refractivity contribution in [3.05, 3.63) is 47.0 Å². The third-order valence-corrected chi connectivity index (χ3v) is 4.02. The molecule has 0 aliphatic carbocycles. The van der Waals surface area contributed by atoms with Crippen LogP contribution in [0.2, 0.25) is 5.15 Å². The van der Waals surface area contributed by atoms with Gasteiger partial charge in [0.2, 0.25) is 0 Å². The van der Waals surface area contributed by atoms with Gasteiger partial charge in [0.1, 0.15) is 11.0 Å². The maximum atomic E-state index is 10.0. The van der Waals surface area contributed by atoms with Crippen molar-refractivity contribution in [3.8, 4) is 0 Å². The first kappa shape index (κ1) is 12.5. The molecule has 0 saturated carbocycles. The van der Waals surface area contributed by atoms with Crippen molar-refractivity contribution in [3.63, 3.8) is 0 Å². The van der Waals surface area contributed by atoms with Crippen LogP contribution in [0.3, 0.4) is 0 Å². The summed E-state index contributed by atoms with van der Waals surface area (Å²) in [6, 6.07) is 7.98. The third kappa shape index (κ3) is 2.22. The lowest BCUT2D eigenvalue weighted by atomic mass is 9.99. The molecule has 4 nitrogen and oxygen atoms in total. The molecule has 1 N–H and O–H groups in total. The molecule has 0 spiro atoms. The number of nitrogens with zero attached hydrogens (tertiary/aromatic N) is 3. The van der Waals surface area contributed by atoms with Crippen molar-refractivity contribution >= 4 is 17.3 Å². The second-order valence-electron chi connectivity index (χ2n) is 4.84. The van der Waals surface area contributed by atoms with Crippen LogP contribution < -0.4 is 4.90 Å². The van der Waals surface area contributed by atoms with Crippen molar-refractivity contribution in [1.29, 1.82) is 0 Å². The van der Waals surface area contributed by atoms with Crippen molar-refractivity contribution < 1.29 is 5.11 Å². The van der Waals surface area contributed by atoms with Gasteiger partial charge in [-0.2, -0.15) is 0 Å². The predicted molar refractivity (Wildman–Crippen MR) is 75.3 cm³/mol. The molecule has 1 aliphatic rings. The molecule has 0 fully saturated rings. The van der Waals surface area contributed by atoms with E-state index in [2.05, 4.69) is 9.88 Å². The van der Waals surface area contributed by atoms with Crippen molar-refractivity contribution in [1.82, 2.24) is 9.55 Å². The summed E-state index contributed by atoms with van der Waals surface area (Å²) in [6.45, 7) is 1.52. The SMILES string of the molecule is Cn1c(Cl)cnc1CN1CCC(O)c2ccccc21. The number of aliphatic hydroxyl groups is 1. The maximum Gasteiger partial charge on any atom is 0.129 e. The van der Waals surface area contributed by atoms with Crippen LogP contribution in [0.25, 0.3) is 0 Å². The fourth-order valence-corrected chi connectivity index (χ4v) is 2.66. The van der Waals surface area contributed by atoms with Gasteiger partial charge in [-0.25, -0.2) is 4.98 Å². The topological polar surface area (TPSA) is 41.3 Å². The Morgan fingerprint density at radius 2 is 2.21 bits per heavy atom. The molecule has 0 amide bonds. The smallest absolute Gasteiger partial charge is 0.129 e. The number of anilines is 1. The number of aromatic nitrogens is 2. The minimum atomic E-state index is -0.364. The van der Waals surface area contributed by atoms with Gasteiger partial charge in [-0.15, -0.1) is 0 Å². The second-order valence-corrected chi connectivity index (χ2v) is 5.23. The molecule has 3 rings (SSSR count). The van der Waals surface area contributed by atoms with E-state index in [1.807, 2.05) is 35.9 Å². The van der Waals surface area contributed by atoms with E-state index in [0.29, 0.717) is 11.7 Å². The maximum absolute atomic E-state index is 10.0. The van der Waals surface area contributed by atoms with Crippen molar-refractivity contribution in [2.45, 2.75) is 19.1 Å². The number of rotatable bonds is 2. The summed E-state index contributed by atoms with van der Waals surface area (Å²) < 4.78 is 1.88. The monoisotopic (exact) mass is 277 g/mol. The van der Waals surface area contributed by atoms with Gasteiger partial charge in [0.15, 0.2) is 0 Å². The number of halogens is 1. The van der Waals surface area contributed by atoms with Crippen LogP contribution in [0.5, 0.6) is 0 Å². The third-order valence-electron chi connectivity index (χ3n) is 3.67. The summed E-state index contributed by atoms with van der Waals surface area (Å²) in [7, 11) is 1.91. The molecule has 19 heavy (non-hydrogen) atoms. The molecule has 1 unspecified atom stereocenters. The molecule has 0 bridgehead atoms. The summed E-state index contributed by atoms with van der Waals surface area (Å²) in [4.78, 5) is 6.57. The van der Waals surface area contributed by atoms with E-state index in [1.165, 1.54) is 0 Å². The highest BCUT2D eigenvalue weighted by Gasteiger charge is 2.23. The first-order valence-electron chi connectivity index (χ1n) is 6.35. The summed E-state index contributed by atoms with van der Waals surface area (Å²) in [5, 5.41) is 10.7. The highest BCUT2D eigenvalue weighted by molar-refractivity contribution is 6.29. The van der Waals surface area contributed by atoms with Crippen LogP contribution in [0.4, 0.5) is 5.69 Å². The Balaban J connectivity index is 1.91. The Kier molecular flexibility index (Phi) is 3.21. The summed E-state index contributed by atoms with van der Waals surface area (Å²) in [5.41, 5.74) is 2.08. The minimum Gasteiger partial charge on any atom is -0.388 e. The predicted octanol–water partition coefficient (Wildman–Crippen LogP) is 2.52. The molecule has 1 aliphatic heterocycles. The van der Waals surface area contributed by atoms with Gasteiger partial charge in [0.05, 0.1) is 18.8 Å². The largest absolute Gasteiger partial charge is 0.388 e.